The van der Waals surface area contributed by atoms with Crippen LogP contribution in [0.25, 0.3) is 10.9 Å². The van der Waals surface area contributed by atoms with Crippen LogP contribution in [0.2, 0.25) is 0 Å². The van der Waals surface area contributed by atoms with E-state index < -0.39 is 10.9 Å². The van der Waals surface area contributed by atoms with Gasteiger partial charge in [0.05, 0.1) is 23.1 Å². The number of hydrogen-bond acceptors (Lipinski definition) is 9. The van der Waals surface area contributed by atoms with Crippen molar-refractivity contribution < 1.29 is 19.2 Å². The standard InChI is InChI=1S/C29H23N5O5/c1-38-28(35)20-9-7-19(8-10-20)18-30-27-25-17-22(34(36)37)13-16-26(25)32-29(33-27)31-21-11-14-24(15-12-21)39-23-5-3-2-4-6-23/h2-17H,18H2,1H3,(H2,30,31,32,33). The summed E-state index contributed by atoms with van der Waals surface area (Å²) in [4.78, 5) is 31.8. The third kappa shape index (κ3) is 6.08. The number of nitrogens with one attached hydrogen (secondary N) is 2. The fourth-order valence-electron chi connectivity index (χ4n) is 3.84. The molecule has 0 saturated carbocycles. The van der Waals surface area contributed by atoms with E-state index in [0.29, 0.717) is 40.5 Å². The third-order valence-electron chi connectivity index (χ3n) is 5.81. The van der Waals surface area contributed by atoms with Gasteiger partial charge in [-0.3, -0.25) is 10.1 Å². The van der Waals surface area contributed by atoms with Gasteiger partial charge < -0.3 is 20.1 Å². The van der Waals surface area contributed by atoms with Crippen LogP contribution in [0, 0.1) is 10.1 Å². The first-order valence-electron chi connectivity index (χ1n) is 12.0. The minimum absolute atomic E-state index is 0.0636. The molecule has 1 aromatic heterocycles. The molecule has 0 aliphatic heterocycles. The van der Waals surface area contributed by atoms with Gasteiger partial charge in [0.25, 0.3) is 5.69 Å². The maximum Gasteiger partial charge on any atom is 0.337 e. The highest BCUT2D eigenvalue weighted by Gasteiger charge is 2.14. The van der Waals surface area contributed by atoms with E-state index in [0.717, 1.165) is 17.0 Å². The molecule has 0 spiro atoms. The van der Waals surface area contributed by atoms with Crippen LogP contribution in [-0.4, -0.2) is 28.0 Å². The molecule has 5 aromatic rings. The van der Waals surface area contributed by atoms with Crippen molar-refractivity contribution in [1.82, 2.24) is 9.97 Å². The van der Waals surface area contributed by atoms with Gasteiger partial charge in [-0.2, -0.15) is 4.98 Å². The fraction of sp³-hybridized carbons (Fsp3) is 0.0690. The van der Waals surface area contributed by atoms with Crippen LogP contribution in [0.15, 0.2) is 97.1 Å². The Labute approximate surface area is 223 Å². The molecular formula is C29H23N5O5. The second kappa shape index (κ2) is 11.3. The summed E-state index contributed by atoms with van der Waals surface area (Å²) in [5.41, 5.74) is 2.53. The average Bonchev–Trinajstić information content (AvgIpc) is 2.97. The maximum absolute atomic E-state index is 11.7. The summed E-state index contributed by atoms with van der Waals surface area (Å²) >= 11 is 0. The van der Waals surface area contributed by atoms with Crippen molar-refractivity contribution in [3.8, 4) is 11.5 Å². The Kier molecular flexibility index (Phi) is 7.26. The number of rotatable bonds is 9. The summed E-state index contributed by atoms with van der Waals surface area (Å²) in [7, 11) is 1.33. The molecule has 0 amide bonds. The topological polar surface area (TPSA) is 129 Å². The molecule has 0 aliphatic rings. The molecule has 0 radical (unpaired) electrons. The van der Waals surface area contributed by atoms with Crippen LogP contribution < -0.4 is 15.4 Å². The van der Waals surface area contributed by atoms with Crippen molar-refractivity contribution in [2.75, 3.05) is 17.7 Å². The zero-order chi connectivity index (χ0) is 27.2. The molecule has 1 heterocycles. The Bertz CT molecular complexity index is 1620. The van der Waals surface area contributed by atoms with E-state index >= 15 is 0 Å². The van der Waals surface area contributed by atoms with Gasteiger partial charge in [-0.1, -0.05) is 30.3 Å². The first-order valence-corrected chi connectivity index (χ1v) is 12.0. The summed E-state index contributed by atoms with van der Waals surface area (Å²) in [6, 6.07) is 28.2. The first kappa shape index (κ1) is 25.2. The number of ether oxygens (including phenoxy) is 2. The van der Waals surface area contributed by atoms with Crippen molar-refractivity contribution >= 4 is 40.0 Å². The summed E-state index contributed by atoms with van der Waals surface area (Å²) in [6.07, 6.45) is 0. The van der Waals surface area contributed by atoms with E-state index in [2.05, 4.69) is 20.6 Å². The summed E-state index contributed by atoms with van der Waals surface area (Å²) in [6.45, 7) is 0.362. The van der Waals surface area contributed by atoms with Gasteiger partial charge in [0.1, 0.15) is 17.3 Å². The first-order chi connectivity index (χ1) is 19.0. The molecule has 2 N–H and O–H groups in total. The van der Waals surface area contributed by atoms with Crippen LogP contribution in [0.3, 0.4) is 0 Å². The zero-order valence-corrected chi connectivity index (χ0v) is 20.8. The Morgan fingerprint density at radius 1 is 0.897 bits per heavy atom. The largest absolute Gasteiger partial charge is 0.465 e. The fourth-order valence-corrected chi connectivity index (χ4v) is 3.84. The number of nitro groups is 1. The minimum Gasteiger partial charge on any atom is -0.465 e. The lowest BCUT2D eigenvalue weighted by atomic mass is 10.1. The van der Waals surface area contributed by atoms with Gasteiger partial charge in [0.15, 0.2) is 0 Å². The number of hydrogen-bond donors (Lipinski definition) is 2. The molecule has 39 heavy (non-hydrogen) atoms. The summed E-state index contributed by atoms with van der Waals surface area (Å²) < 4.78 is 10.6. The molecule has 0 fully saturated rings. The number of nitrogens with zero attached hydrogens (tertiary/aromatic N) is 3. The molecule has 0 bridgehead atoms. The lowest BCUT2D eigenvalue weighted by Gasteiger charge is -2.13. The Morgan fingerprint density at radius 2 is 1.62 bits per heavy atom. The number of non-ortho nitro benzene ring substituents is 1. The van der Waals surface area contributed by atoms with Crippen molar-refractivity contribution in [1.29, 1.82) is 0 Å². The van der Waals surface area contributed by atoms with E-state index in [-0.39, 0.29) is 5.69 Å². The Morgan fingerprint density at radius 3 is 2.31 bits per heavy atom. The van der Waals surface area contributed by atoms with Crippen molar-refractivity contribution in [2.45, 2.75) is 6.54 Å². The van der Waals surface area contributed by atoms with E-state index in [1.54, 1.807) is 30.3 Å². The second-order valence-corrected chi connectivity index (χ2v) is 8.46. The maximum atomic E-state index is 11.7. The van der Waals surface area contributed by atoms with Crippen molar-refractivity contribution in [2.24, 2.45) is 0 Å². The predicted molar refractivity (Wildman–Crippen MR) is 148 cm³/mol. The van der Waals surface area contributed by atoms with Crippen LogP contribution in [-0.2, 0) is 11.3 Å². The van der Waals surface area contributed by atoms with E-state index in [1.807, 2.05) is 54.6 Å². The predicted octanol–water partition coefficient (Wildman–Crippen LogP) is 6.47. The quantitative estimate of drug-likeness (QED) is 0.127. The van der Waals surface area contributed by atoms with Gasteiger partial charge in [-0.05, 0) is 60.2 Å². The number of aromatic nitrogens is 2. The van der Waals surface area contributed by atoms with Crippen LogP contribution >= 0.6 is 0 Å². The van der Waals surface area contributed by atoms with Gasteiger partial charge >= 0.3 is 5.97 Å². The lowest BCUT2D eigenvalue weighted by Crippen LogP contribution is -2.07. The molecule has 0 aliphatic carbocycles. The summed E-state index contributed by atoms with van der Waals surface area (Å²) in [5, 5.41) is 18.3. The molecular weight excluding hydrogens is 498 g/mol. The molecule has 10 nitrogen and oxygen atoms in total. The molecule has 10 heteroatoms. The highest BCUT2D eigenvalue weighted by atomic mass is 16.6. The lowest BCUT2D eigenvalue weighted by molar-refractivity contribution is -0.384. The van der Waals surface area contributed by atoms with Crippen LogP contribution in [0.5, 0.6) is 11.5 Å². The number of para-hydroxylation sites is 1. The van der Waals surface area contributed by atoms with Crippen molar-refractivity contribution in [3.63, 3.8) is 0 Å². The SMILES string of the molecule is COC(=O)c1ccc(CNc2nc(Nc3ccc(Oc4ccccc4)cc3)nc3ccc([N+](=O)[O-])cc23)cc1. The van der Waals surface area contributed by atoms with E-state index in [9.17, 15) is 14.9 Å². The number of fused-ring (bicyclic) bond motifs is 1. The number of carbonyl (C=O) groups is 1. The molecule has 0 atom stereocenters. The highest BCUT2D eigenvalue weighted by Crippen LogP contribution is 2.29. The van der Waals surface area contributed by atoms with Crippen LogP contribution in [0.1, 0.15) is 15.9 Å². The average molecular weight is 522 g/mol. The molecule has 194 valence electrons. The molecule has 5 rings (SSSR count). The van der Waals surface area contributed by atoms with E-state index in [4.69, 9.17) is 9.47 Å². The zero-order valence-electron chi connectivity index (χ0n) is 20.8. The Hall–Kier alpha value is -5.51. The minimum atomic E-state index is -0.458. The normalized spacial score (nSPS) is 10.6. The van der Waals surface area contributed by atoms with Gasteiger partial charge in [-0.25, -0.2) is 9.78 Å². The number of benzene rings is 4. The smallest absolute Gasteiger partial charge is 0.337 e. The Balaban J connectivity index is 1.38. The van der Waals surface area contributed by atoms with Crippen molar-refractivity contribution in [3.05, 3.63) is 118 Å². The number of esters is 1. The second-order valence-electron chi connectivity index (χ2n) is 8.46. The number of nitro benzene ring substituents is 1. The van der Waals surface area contributed by atoms with Gasteiger partial charge in [0, 0.05) is 29.8 Å². The molecule has 0 saturated heterocycles. The van der Waals surface area contributed by atoms with Crippen LogP contribution in [0.4, 0.5) is 23.1 Å². The number of carbonyl (C=O) groups excluding carboxylic acids is 1. The molecule has 0 unspecified atom stereocenters. The number of anilines is 3. The number of methoxy groups -OCH3 is 1. The molecule has 4 aromatic carbocycles. The van der Waals surface area contributed by atoms with E-state index in [1.165, 1.54) is 19.2 Å². The highest BCUT2D eigenvalue weighted by molar-refractivity contribution is 5.92. The monoisotopic (exact) mass is 521 g/mol. The van der Waals surface area contributed by atoms with Gasteiger partial charge in [-0.15, -0.1) is 0 Å². The third-order valence-corrected chi connectivity index (χ3v) is 5.81. The summed E-state index contributed by atoms with van der Waals surface area (Å²) in [5.74, 6) is 1.74. The van der Waals surface area contributed by atoms with Gasteiger partial charge in [0.2, 0.25) is 5.95 Å².